The lowest BCUT2D eigenvalue weighted by atomic mass is 10.1. The summed E-state index contributed by atoms with van der Waals surface area (Å²) in [6.45, 7) is 0.592. The number of pyridine rings is 1. The Morgan fingerprint density at radius 1 is 1.35 bits per heavy atom. The van der Waals surface area contributed by atoms with Crippen LogP contribution in [0.1, 0.15) is 31.2 Å². The average molecular weight is 286 g/mol. The van der Waals surface area contributed by atoms with Gasteiger partial charge in [-0.2, -0.15) is 11.3 Å². The molecular formula is C16H18N2OS. The lowest BCUT2D eigenvalue weighted by Crippen LogP contribution is -2.28. The van der Waals surface area contributed by atoms with Crippen molar-refractivity contribution in [3.05, 3.63) is 40.7 Å². The monoisotopic (exact) mass is 286 g/mol. The van der Waals surface area contributed by atoms with E-state index in [0.717, 1.165) is 29.7 Å². The van der Waals surface area contributed by atoms with Gasteiger partial charge in [0, 0.05) is 29.6 Å². The lowest BCUT2D eigenvalue weighted by molar-refractivity contribution is -0.124. The van der Waals surface area contributed by atoms with Crippen molar-refractivity contribution in [3.63, 3.8) is 0 Å². The molecule has 0 bridgehead atoms. The number of rotatable bonds is 4. The Kier molecular flexibility index (Phi) is 4.11. The van der Waals surface area contributed by atoms with E-state index in [-0.39, 0.29) is 11.8 Å². The highest BCUT2D eigenvalue weighted by molar-refractivity contribution is 7.08. The summed E-state index contributed by atoms with van der Waals surface area (Å²) in [5.41, 5.74) is 3.21. The molecule has 0 unspecified atom stereocenters. The molecule has 1 saturated carbocycles. The topological polar surface area (TPSA) is 42.0 Å². The Labute approximate surface area is 123 Å². The maximum Gasteiger partial charge on any atom is 0.223 e. The summed E-state index contributed by atoms with van der Waals surface area (Å²) in [5.74, 6) is 0.435. The van der Waals surface area contributed by atoms with E-state index in [1.165, 1.54) is 12.8 Å². The molecule has 0 atom stereocenters. The lowest BCUT2D eigenvalue weighted by Gasteiger charge is -2.10. The van der Waals surface area contributed by atoms with Gasteiger partial charge in [0.1, 0.15) is 0 Å². The fraction of sp³-hybridized carbons (Fsp3) is 0.375. The molecule has 104 valence electrons. The number of thiophene rings is 1. The van der Waals surface area contributed by atoms with Crippen LogP contribution < -0.4 is 5.32 Å². The molecule has 1 N–H and O–H groups in total. The SMILES string of the molecule is O=C(NCc1ccnc(-c2ccsc2)c1)C1CCCC1. The maximum absolute atomic E-state index is 12.0. The third-order valence-electron chi connectivity index (χ3n) is 3.83. The Hall–Kier alpha value is -1.68. The van der Waals surface area contributed by atoms with Gasteiger partial charge in [0.2, 0.25) is 5.91 Å². The molecule has 3 rings (SSSR count). The predicted molar refractivity (Wildman–Crippen MR) is 81.4 cm³/mol. The first-order valence-electron chi connectivity index (χ1n) is 7.08. The van der Waals surface area contributed by atoms with E-state index in [9.17, 15) is 4.79 Å². The Balaban J connectivity index is 1.63. The van der Waals surface area contributed by atoms with E-state index in [4.69, 9.17) is 0 Å². The number of amides is 1. The second kappa shape index (κ2) is 6.18. The summed E-state index contributed by atoms with van der Waals surface area (Å²) >= 11 is 1.67. The zero-order valence-corrected chi connectivity index (χ0v) is 12.2. The third kappa shape index (κ3) is 3.07. The fourth-order valence-corrected chi connectivity index (χ4v) is 3.32. The molecule has 3 nitrogen and oxygen atoms in total. The predicted octanol–water partition coefficient (Wildman–Crippen LogP) is 3.62. The summed E-state index contributed by atoms with van der Waals surface area (Å²) in [4.78, 5) is 16.4. The molecule has 1 aliphatic carbocycles. The van der Waals surface area contributed by atoms with Gasteiger partial charge in [0.15, 0.2) is 0 Å². The van der Waals surface area contributed by atoms with Crippen molar-refractivity contribution in [2.24, 2.45) is 5.92 Å². The van der Waals surface area contributed by atoms with Crippen molar-refractivity contribution in [1.82, 2.24) is 10.3 Å². The number of nitrogens with one attached hydrogen (secondary N) is 1. The minimum Gasteiger partial charge on any atom is -0.352 e. The minimum atomic E-state index is 0.205. The van der Waals surface area contributed by atoms with Crippen LogP contribution >= 0.6 is 11.3 Å². The van der Waals surface area contributed by atoms with E-state index in [1.54, 1.807) is 11.3 Å². The third-order valence-corrected chi connectivity index (χ3v) is 4.52. The molecule has 0 aliphatic heterocycles. The molecule has 0 aromatic carbocycles. The van der Waals surface area contributed by atoms with Crippen molar-refractivity contribution in [3.8, 4) is 11.3 Å². The van der Waals surface area contributed by atoms with Gasteiger partial charge in [0.05, 0.1) is 5.69 Å². The van der Waals surface area contributed by atoms with Gasteiger partial charge < -0.3 is 5.32 Å². The quantitative estimate of drug-likeness (QED) is 0.932. The van der Waals surface area contributed by atoms with Gasteiger partial charge in [0.25, 0.3) is 0 Å². The fourth-order valence-electron chi connectivity index (χ4n) is 2.67. The molecule has 0 radical (unpaired) electrons. The number of hydrogen-bond donors (Lipinski definition) is 1. The van der Waals surface area contributed by atoms with Gasteiger partial charge in [-0.25, -0.2) is 0 Å². The zero-order valence-electron chi connectivity index (χ0n) is 11.3. The number of carbonyl (C=O) groups is 1. The maximum atomic E-state index is 12.0. The molecule has 2 aromatic rings. The molecule has 20 heavy (non-hydrogen) atoms. The summed E-state index contributed by atoms with van der Waals surface area (Å²) in [6.07, 6.45) is 6.28. The second-order valence-corrected chi connectivity index (χ2v) is 6.04. The largest absolute Gasteiger partial charge is 0.352 e. The first-order chi connectivity index (χ1) is 9.83. The first kappa shape index (κ1) is 13.3. The summed E-state index contributed by atoms with van der Waals surface area (Å²) in [6, 6.07) is 6.08. The van der Waals surface area contributed by atoms with Crippen molar-refractivity contribution >= 4 is 17.2 Å². The van der Waals surface area contributed by atoms with E-state index in [1.807, 2.05) is 17.6 Å². The van der Waals surface area contributed by atoms with Crippen molar-refractivity contribution in [2.75, 3.05) is 0 Å². The summed E-state index contributed by atoms with van der Waals surface area (Å²) < 4.78 is 0. The Morgan fingerprint density at radius 2 is 2.20 bits per heavy atom. The molecule has 0 spiro atoms. The van der Waals surface area contributed by atoms with Crippen molar-refractivity contribution in [1.29, 1.82) is 0 Å². The second-order valence-electron chi connectivity index (χ2n) is 5.26. The first-order valence-corrected chi connectivity index (χ1v) is 8.02. The number of aromatic nitrogens is 1. The van der Waals surface area contributed by atoms with Crippen LogP contribution in [0.4, 0.5) is 0 Å². The van der Waals surface area contributed by atoms with E-state index in [2.05, 4.69) is 27.8 Å². The van der Waals surface area contributed by atoms with Crippen LogP contribution in [0.3, 0.4) is 0 Å². The molecule has 2 aromatic heterocycles. The summed E-state index contributed by atoms with van der Waals surface area (Å²) in [7, 11) is 0. The number of nitrogens with zero attached hydrogens (tertiary/aromatic N) is 1. The number of carbonyl (C=O) groups excluding carboxylic acids is 1. The normalized spacial score (nSPS) is 15.4. The van der Waals surface area contributed by atoms with E-state index in [0.29, 0.717) is 6.54 Å². The van der Waals surface area contributed by atoms with Crippen LogP contribution in [-0.2, 0) is 11.3 Å². The molecule has 1 aliphatic rings. The average Bonchev–Trinajstić information content (AvgIpc) is 3.17. The molecule has 1 fully saturated rings. The van der Waals surface area contributed by atoms with Crippen LogP contribution in [0, 0.1) is 5.92 Å². The minimum absolute atomic E-state index is 0.205. The Morgan fingerprint density at radius 3 is 2.95 bits per heavy atom. The highest BCUT2D eigenvalue weighted by Gasteiger charge is 2.22. The van der Waals surface area contributed by atoms with Crippen LogP contribution in [0.15, 0.2) is 35.2 Å². The number of hydrogen-bond acceptors (Lipinski definition) is 3. The van der Waals surface area contributed by atoms with Gasteiger partial charge in [-0.05, 0) is 42.0 Å². The van der Waals surface area contributed by atoms with Crippen molar-refractivity contribution in [2.45, 2.75) is 32.2 Å². The highest BCUT2D eigenvalue weighted by Crippen LogP contribution is 2.25. The molecule has 0 saturated heterocycles. The van der Waals surface area contributed by atoms with E-state index < -0.39 is 0 Å². The van der Waals surface area contributed by atoms with Crippen LogP contribution in [0.2, 0.25) is 0 Å². The smallest absolute Gasteiger partial charge is 0.223 e. The van der Waals surface area contributed by atoms with Crippen LogP contribution in [0.5, 0.6) is 0 Å². The molecule has 4 heteroatoms. The van der Waals surface area contributed by atoms with Crippen molar-refractivity contribution < 1.29 is 4.79 Å². The van der Waals surface area contributed by atoms with Gasteiger partial charge >= 0.3 is 0 Å². The van der Waals surface area contributed by atoms with Crippen LogP contribution in [-0.4, -0.2) is 10.9 Å². The van der Waals surface area contributed by atoms with E-state index >= 15 is 0 Å². The van der Waals surface area contributed by atoms with Crippen LogP contribution in [0.25, 0.3) is 11.3 Å². The zero-order chi connectivity index (χ0) is 13.8. The molecular weight excluding hydrogens is 268 g/mol. The molecule has 2 heterocycles. The van der Waals surface area contributed by atoms with Gasteiger partial charge in [-0.15, -0.1) is 0 Å². The Bertz CT molecular complexity index is 574. The highest BCUT2D eigenvalue weighted by atomic mass is 32.1. The standard InChI is InChI=1S/C16H18N2OS/c19-16(13-3-1-2-4-13)18-10-12-5-7-17-15(9-12)14-6-8-20-11-14/h5-9,11,13H,1-4,10H2,(H,18,19). The van der Waals surface area contributed by atoms with Gasteiger partial charge in [-0.3, -0.25) is 9.78 Å². The summed E-state index contributed by atoms with van der Waals surface area (Å²) in [5, 5.41) is 7.18. The molecule has 1 amide bonds. The van der Waals surface area contributed by atoms with Gasteiger partial charge in [-0.1, -0.05) is 12.8 Å².